The minimum absolute atomic E-state index is 0. The first kappa shape index (κ1) is 10.5. The molecule has 0 saturated heterocycles. The zero-order chi connectivity index (χ0) is 6.41. The predicted molar refractivity (Wildman–Crippen MR) is 35.0 cm³/mol. The molecule has 9 heavy (non-hydrogen) atoms. The molecule has 0 aliphatic carbocycles. The number of urea groups is 1. The molecule has 0 rings (SSSR count). The van der Waals surface area contributed by atoms with E-state index in [1.165, 1.54) is 0 Å². The first-order valence-corrected chi connectivity index (χ1v) is 1.45. The van der Waals surface area contributed by atoms with Crippen molar-refractivity contribution >= 4 is 17.0 Å². The Labute approximate surface area is 53.9 Å². The van der Waals surface area contributed by atoms with Gasteiger partial charge in [-0.3, -0.25) is 4.79 Å². The Hall–Kier alpha value is -1.49. The van der Waals surface area contributed by atoms with Gasteiger partial charge in [-0.05, 0) is 32.3 Å². The number of carbonyl (C=O) groups excluding carboxylic acids is 1. The molecule has 7 nitrogen and oxygen atoms in total. The highest BCUT2D eigenvalue weighted by molar-refractivity contribution is 5.75. The first-order chi connectivity index (χ1) is 3.81. The molecule has 0 N–H and O–H groups in total. The summed E-state index contributed by atoms with van der Waals surface area (Å²) < 4.78 is 0. The van der Waals surface area contributed by atoms with Gasteiger partial charge in [-0.1, -0.05) is 0 Å². The number of carbonyl (C=O) groups is 1. The molecule has 0 fully saturated rings. The van der Waals surface area contributed by atoms with Crippen LogP contribution in [0.15, 0.2) is 10.2 Å². The van der Waals surface area contributed by atoms with Crippen molar-refractivity contribution in [2.75, 3.05) is 0 Å². The highest BCUT2D eigenvalue weighted by atomic mass is 28.1. The van der Waals surface area contributed by atoms with Crippen LogP contribution in [0, 0.1) is 0 Å². The molecule has 0 aliphatic rings. The lowest BCUT2D eigenvalue weighted by Crippen LogP contribution is -1.73. The number of amides is 2. The van der Waals surface area contributed by atoms with E-state index in [0.717, 1.165) is 0 Å². The summed E-state index contributed by atoms with van der Waals surface area (Å²) in [5.74, 6) is 0. The van der Waals surface area contributed by atoms with Gasteiger partial charge in [0.2, 0.25) is 0 Å². The van der Waals surface area contributed by atoms with Crippen LogP contribution in [-0.2, 0) is 0 Å². The van der Waals surface area contributed by atoms with Gasteiger partial charge in [0.25, 0.3) is 0 Å². The Bertz CT molecular complexity index is 165. The quantitative estimate of drug-likeness (QED) is 0.206. The van der Waals surface area contributed by atoms with E-state index in [0.29, 0.717) is 0 Å². The standard InChI is InChI=1S/CN6O.H4Si/c2-6-4-1(8)5-7-3;/h;1H4. The molecular formula is CH4N6OSi. The fraction of sp³-hybridized carbons (Fsp3) is 0. The molecule has 0 aromatic rings. The van der Waals surface area contributed by atoms with Gasteiger partial charge in [0.05, 0.1) is 0 Å². The third-order valence-electron chi connectivity index (χ3n) is 0.261. The average molecular weight is 144 g/mol. The van der Waals surface area contributed by atoms with E-state index >= 15 is 0 Å². The summed E-state index contributed by atoms with van der Waals surface area (Å²) in [6, 6.07) is -1.17. The SMILES string of the molecule is [N-]=[N+]=NC(=O)N=[N+]=[N-].[SiH4]. The van der Waals surface area contributed by atoms with E-state index in [-0.39, 0.29) is 11.0 Å². The van der Waals surface area contributed by atoms with Crippen molar-refractivity contribution in [3.63, 3.8) is 0 Å². The van der Waals surface area contributed by atoms with Gasteiger partial charge < -0.3 is 0 Å². The van der Waals surface area contributed by atoms with Crippen LogP contribution in [-0.4, -0.2) is 17.0 Å². The normalized spacial score (nSPS) is 5.33. The molecule has 0 radical (unpaired) electrons. The molecule has 0 saturated carbocycles. The van der Waals surface area contributed by atoms with Crippen molar-refractivity contribution in [1.29, 1.82) is 0 Å². The smallest absolute Gasteiger partial charge is 0.285 e. The third kappa shape index (κ3) is 6.51. The topological polar surface area (TPSA) is 115 Å². The van der Waals surface area contributed by atoms with Crippen LogP contribution >= 0.6 is 0 Å². The lowest BCUT2D eigenvalue weighted by atomic mass is 11.2. The van der Waals surface area contributed by atoms with Crippen molar-refractivity contribution in [1.82, 2.24) is 0 Å². The molecule has 0 aromatic carbocycles. The van der Waals surface area contributed by atoms with Crippen molar-refractivity contribution in [3.05, 3.63) is 20.9 Å². The Morgan fingerprint density at radius 1 is 1.22 bits per heavy atom. The largest absolute Gasteiger partial charge is 0.305 e. The predicted octanol–water partition coefficient (Wildman–Crippen LogP) is 0.275. The van der Waals surface area contributed by atoms with Crippen LogP contribution in [0.2, 0.25) is 0 Å². The summed E-state index contributed by atoms with van der Waals surface area (Å²) in [5.41, 5.74) is 15.0. The van der Waals surface area contributed by atoms with Crippen LogP contribution in [0.4, 0.5) is 4.79 Å². The second kappa shape index (κ2) is 6.51. The summed E-state index contributed by atoms with van der Waals surface area (Å²) in [6.45, 7) is 0. The highest BCUT2D eigenvalue weighted by Gasteiger charge is 1.84. The van der Waals surface area contributed by atoms with E-state index < -0.39 is 6.03 Å². The molecule has 8 heteroatoms. The van der Waals surface area contributed by atoms with E-state index in [1.807, 2.05) is 0 Å². The zero-order valence-electron chi connectivity index (χ0n) is 3.59. The fourth-order valence-corrected chi connectivity index (χ4v) is 0.0965. The van der Waals surface area contributed by atoms with Crippen LogP contribution < -0.4 is 0 Å². The maximum absolute atomic E-state index is 9.80. The van der Waals surface area contributed by atoms with Crippen molar-refractivity contribution in [2.45, 2.75) is 0 Å². The van der Waals surface area contributed by atoms with E-state index in [1.54, 1.807) is 0 Å². The van der Waals surface area contributed by atoms with E-state index in [9.17, 15) is 4.79 Å². The van der Waals surface area contributed by atoms with Crippen molar-refractivity contribution in [2.24, 2.45) is 10.2 Å². The number of hydrogen-bond donors (Lipinski definition) is 0. The monoisotopic (exact) mass is 144 g/mol. The molecule has 48 valence electrons. The summed E-state index contributed by atoms with van der Waals surface area (Å²) >= 11 is 0. The first-order valence-electron chi connectivity index (χ1n) is 1.45. The van der Waals surface area contributed by atoms with Crippen molar-refractivity contribution in [3.8, 4) is 0 Å². The molecular weight excluding hydrogens is 140 g/mol. The zero-order valence-corrected chi connectivity index (χ0v) is 3.59. The molecule has 0 spiro atoms. The number of nitrogens with zero attached hydrogens (tertiary/aromatic N) is 6. The minimum Gasteiger partial charge on any atom is -0.285 e. The van der Waals surface area contributed by atoms with Gasteiger partial charge in [0.1, 0.15) is 0 Å². The van der Waals surface area contributed by atoms with Crippen LogP contribution in [0.3, 0.4) is 0 Å². The van der Waals surface area contributed by atoms with Crippen LogP contribution in [0.1, 0.15) is 0 Å². The molecule has 2 amide bonds. The average Bonchev–Trinajstić information content (AvgIpc) is 1.68. The molecule has 0 heterocycles. The highest BCUT2D eigenvalue weighted by Crippen LogP contribution is 1.80. The lowest BCUT2D eigenvalue weighted by Gasteiger charge is -1.65. The summed E-state index contributed by atoms with van der Waals surface area (Å²) in [5, 5.41) is 4.87. The van der Waals surface area contributed by atoms with E-state index in [2.05, 4.69) is 20.1 Å². The van der Waals surface area contributed by atoms with Gasteiger partial charge in [-0.2, -0.15) is 0 Å². The Balaban J connectivity index is 0. The van der Waals surface area contributed by atoms with E-state index in [4.69, 9.17) is 11.1 Å². The second-order valence-corrected chi connectivity index (χ2v) is 0.661. The molecule has 0 unspecified atom stereocenters. The Morgan fingerprint density at radius 2 is 1.56 bits per heavy atom. The number of rotatable bonds is 0. The van der Waals surface area contributed by atoms with Gasteiger partial charge in [0, 0.05) is 9.82 Å². The van der Waals surface area contributed by atoms with Gasteiger partial charge >= 0.3 is 6.03 Å². The van der Waals surface area contributed by atoms with Gasteiger partial charge in [-0.25, -0.2) is 0 Å². The fourth-order valence-electron chi connectivity index (χ4n) is 0.0965. The van der Waals surface area contributed by atoms with Crippen LogP contribution in [0.25, 0.3) is 20.9 Å². The number of hydrogen-bond acceptors (Lipinski definition) is 1. The van der Waals surface area contributed by atoms with Gasteiger partial charge in [0.15, 0.2) is 0 Å². The number of azide groups is 1. The molecule has 0 bridgehead atoms. The lowest BCUT2D eigenvalue weighted by molar-refractivity contribution is 0.256. The Morgan fingerprint density at radius 3 is 1.78 bits per heavy atom. The van der Waals surface area contributed by atoms with Crippen molar-refractivity contribution < 1.29 is 4.79 Å². The van der Waals surface area contributed by atoms with Gasteiger partial charge in [-0.15, -0.1) is 0 Å². The maximum Gasteiger partial charge on any atom is 0.305 e. The summed E-state index contributed by atoms with van der Waals surface area (Å²) in [7, 11) is 0. The third-order valence-corrected chi connectivity index (χ3v) is 0.261. The Kier molecular flexibility index (Phi) is 7.58. The summed E-state index contributed by atoms with van der Waals surface area (Å²) in [6.07, 6.45) is 0. The van der Waals surface area contributed by atoms with Crippen LogP contribution in [0.5, 0.6) is 0 Å². The molecule has 0 aliphatic heterocycles. The minimum atomic E-state index is -1.17. The summed E-state index contributed by atoms with van der Waals surface area (Å²) in [4.78, 5) is 13.9. The molecule has 0 aromatic heterocycles. The molecule has 0 atom stereocenters. The second-order valence-electron chi connectivity index (χ2n) is 0.661. The maximum atomic E-state index is 9.80.